The number of carbonyl (C=O) groups is 3. The van der Waals surface area contributed by atoms with Crippen LogP contribution in [0.25, 0.3) is 0 Å². The first kappa shape index (κ1) is 19.6. The van der Waals surface area contributed by atoms with Crippen LogP contribution in [0.2, 0.25) is 0 Å². The van der Waals surface area contributed by atoms with Gasteiger partial charge in [0.25, 0.3) is 0 Å². The maximum Gasteiger partial charge on any atom is 0.341 e. The molecule has 0 saturated carbocycles. The molecule has 0 unspecified atom stereocenters. The first-order chi connectivity index (χ1) is 12.4. The minimum atomic E-state index is -0.442. The molecule has 0 fully saturated rings. The van der Waals surface area contributed by atoms with Crippen molar-refractivity contribution in [3.8, 4) is 0 Å². The second kappa shape index (κ2) is 9.10. The average molecular weight is 376 g/mol. The van der Waals surface area contributed by atoms with Gasteiger partial charge in [-0.2, -0.15) is 0 Å². The lowest BCUT2D eigenvalue weighted by Gasteiger charge is -2.06. The van der Waals surface area contributed by atoms with Crippen molar-refractivity contribution in [3.63, 3.8) is 0 Å². The Bertz CT molecular complexity index is 798. The zero-order valence-electron chi connectivity index (χ0n) is 14.8. The molecule has 2 amide bonds. The number of methoxy groups -OCH3 is 1. The van der Waals surface area contributed by atoms with Crippen LogP contribution in [0.3, 0.4) is 0 Å². The average Bonchev–Trinajstić information content (AvgIpc) is 2.96. The van der Waals surface area contributed by atoms with E-state index in [1.165, 1.54) is 25.8 Å². The summed E-state index contributed by atoms with van der Waals surface area (Å²) in [6.07, 6.45) is 0. The van der Waals surface area contributed by atoms with Gasteiger partial charge < -0.3 is 19.8 Å². The molecule has 26 heavy (non-hydrogen) atoms. The van der Waals surface area contributed by atoms with Crippen LogP contribution in [0.4, 0.5) is 11.4 Å². The topological polar surface area (TPSA) is 97.6 Å². The molecule has 8 heteroatoms. The number of anilines is 2. The molecule has 0 saturated heterocycles. The first-order valence-electron chi connectivity index (χ1n) is 7.82. The maximum absolute atomic E-state index is 12.0. The number of rotatable bonds is 7. The summed E-state index contributed by atoms with van der Waals surface area (Å²) in [6, 6.07) is 8.49. The van der Waals surface area contributed by atoms with Gasteiger partial charge in [-0.15, -0.1) is 11.8 Å². The van der Waals surface area contributed by atoms with E-state index in [0.29, 0.717) is 34.2 Å². The number of aryl methyl sites for hydroxylation is 1. The van der Waals surface area contributed by atoms with E-state index in [1.54, 1.807) is 37.3 Å². The standard InChI is InChI=1S/C18H20N2O5S/c1-11-16(18(23)24-3)8-15(25-11)9-26-10-17(22)20-14-6-4-13(5-7-14)19-12(2)21/h4-8H,9-10H2,1-3H3,(H,19,21)(H,20,22). The summed E-state index contributed by atoms with van der Waals surface area (Å²) in [6.45, 7) is 3.12. The molecule has 0 atom stereocenters. The van der Waals surface area contributed by atoms with Gasteiger partial charge in [-0.3, -0.25) is 9.59 Å². The maximum atomic E-state index is 12.0. The minimum absolute atomic E-state index is 0.151. The third kappa shape index (κ3) is 5.66. The van der Waals surface area contributed by atoms with Gasteiger partial charge >= 0.3 is 5.97 Å². The molecule has 2 rings (SSSR count). The predicted molar refractivity (Wildman–Crippen MR) is 100 cm³/mol. The number of thioether (sulfide) groups is 1. The summed E-state index contributed by atoms with van der Waals surface area (Å²) < 4.78 is 10.2. The van der Waals surface area contributed by atoms with E-state index in [0.717, 1.165) is 0 Å². The highest BCUT2D eigenvalue weighted by atomic mass is 32.2. The van der Waals surface area contributed by atoms with E-state index in [1.807, 2.05) is 0 Å². The molecule has 138 valence electrons. The number of hydrogen-bond donors (Lipinski definition) is 2. The molecule has 7 nitrogen and oxygen atoms in total. The zero-order valence-corrected chi connectivity index (χ0v) is 15.6. The second-order valence-electron chi connectivity index (χ2n) is 5.47. The molecule has 1 heterocycles. The van der Waals surface area contributed by atoms with Crippen molar-refractivity contribution < 1.29 is 23.5 Å². The summed E-state index contributed by atoms with van der Waals surface area (Å²) in [5.41, 5.74) is 1.71. The van der Waals surface area contributed by atoms with Crippen molar-refractivity contribution in [2.45, 2.75) is 19.6 Å². The van der Waals surface area contributed by atoms with E-state index >= 15 is 0 Å². The summed E-state index contributed by atoms with van der Waals surface area (Å²) >= 11 is 1.37. The Labute approximate surface area is 155 Å². The summed E-state index contributed by atoms with van der Waals surface area (Å²) in [5.74, 6) is 1.06. The second-order valence-corrected chi connectivity index (χ2v) is 6.46. The van der Waals surface area contributed by atoms with Gasteiger partial charge in [-0.1, -0.05) is 0 Å². The minimum Gasteiger partial charge on any atom is -0.465 e. The van der Waals surface area contributed by atoms with Crippen molar-refractivity contribution in [2.75, 3.05) is 23.5 Å². The van der Waals surface area contributed by atoms with Crippen LogP contribution in [0, 0.1) is 6.92 Å². The smallest absolute Gasteiger partial charge is 0.341 e. The van der Waals surface area contributed by atoms with Gasteiger partial charge in [0.1, 0.15) is 17.1 Å². The Balaban J connectivity index is 1.80. The zero-order chi connectivity index (χ0) is 19.1. The Kier molecular flexibility index (Phi) is 6.85. The molecular formula is C18H20N2O5S. The molecule has 0 bridgehead atoms. The van der Waals surface area contributed by atoms with Crippen LogP contribution in [-0.4, -0.2) is 30.6 Å². The number of amides is 2. The van der Waals surface area contributed by atoms with E-state index in [4.69, 9.17) is 4.42 Å². The van der Waals surface area contributed by atoms with Crippen LogP contribution < -0.4 is 10.6 Å². The van der Waals surface area contributed by atoms with Crippen LogP contribution >= 0.6 is 11.8 Å². The molecule has 2 N–H and O–H groups in total. The SMILES string of the molecule is COC(=O)c1cc(CSCC(=O)Nc2ccc(NC(C)=O)cc2)oc1C. The first-order valence-corrected chi connectivity index (χ1v) is 8.97. The lowest BCUT2D eigenvalue weighted by molar-refractivity contribution is -0.114. The number of furan rings is 1. The molecule has 0 aliphatic heterocycles. The third-order valence-corrected chi connectivity index (χ3v) is 4.30. The lowest BCUT2D eigenvalue weighted by Crippen LogP contribution is -2.14. The highest BCUT2D eigenvalue weighted by Gasteiger charge is 2.15. The Morgan fingerprint density at radius 2 is 1.73 bits per heavy atom. The Morgan fingerprint density at radius 1 is 1.12 bits per heavy atom. The summed E-state index contributed by atoms with van der Waals surface area (Å²) in [4.78, 5) is 34.5. The van der Waals surface area contributed by atoms with Gasteiger partial charge in [-0.25, -0.2) is 4.79 Å². The molecule has 0 spiro atoms. The van der Waals surface area contributed by atoms with E-state index in [2.05, 4.69) is 15.4 Å². The van der Waals surface area contributed by atoms with Crippen LogP contribution in [0.15, 0.2) is 34.7 Å². The molecular weight excluding hydrogens is 356 g/mol. The monoisotopic (exact) mass is 376 g/mol. The number of esters is 1. The largest absolute Gasteiger partial charge is 0.465 e. The van der Waals surface area contributed by atoms with Crippen molar-refractivity contribution in [2.24, 2.45) is 0 Å². The Morgan fingerprint density at radius 3 is 2.31 bits per heavy atom. The summed E-state index contributed by atoms with van der Waals surface area (Å²) in [7, 11) is 1.32. The highest BCUT2D eigenvalue weighted by molar-refractivity contribution is 7.99. The lowest BCUT2D eigenvalue weighted by atomic mass is 10.2. The molecule has 1 aromatic heterocycles. The quantitative estimate of drug-likeness (QED) is 0.720. The van der Waals surface area contributed by atoms with Crippen molar-refractivity contribution in [1.82, 2.24) is 0 Å². The van der Waals surface area contributed by atoms with Gasteiger partial charge in [0, 0.05) is 18.3 Å². The number of benzene rings is 1. The molecule has 1 aromatic carbocycles. The highest BCUT2D eigenvalue weighted by Crippen LogP contribution is 2.20. The van der Waals surface area contributed by atoms with Crippen molar-refractivity contribution >= 4 is 40.9 Å². The fourth-order valence-corrected chi connectivity index (χ4v) is 2.91. The van der Waals surface area contributed by atoms with E-state index in [-0.39, 0.29) is 17.6 Å². The molecule has 2 aromatic rings. The van der Waals surface area contributed by atoms with Crippen LogP contribution in [0.1, 0.15) is 28.8 Å². The van der Waals surface area contributed by atoms with E-state index in [9.17, 15) is 14.4 Å². The number of hydrogen-bond acceptors (Lipinski definition) is 6. The molecule has 0 aliphatic rings. The van der Waals surface area contributed by atoms with Crippen molar-refractivity contribution in [3.05, 3.63) is 47.4 Å². The third-order valence-electron chi connectivity index (χ3n) is 3.34. The van der Waals surface area contributed by atoms with Gasteiger partial charge in [0.2, 0.25) is 11.8 Å². The van der Waals surface area contributed by atoms with Gasteiger partial charge in [-0.05, 0) is 37.3 Å². The Hall–Kier alpha value is -2.74. The predicted octanol–water partition coefficient (Wildman–Crippen LogP) is 3.20. The summed E-state index contributed by atoms with van der Waals surface area (Å²) in [5, 5.41) is 5.43. The van der Waals surface area contributed by atoms with Crippen LogP contribution in [-0.2, 0) is 20.1 Å². The van der Waals surface area contributed by atoms with Crippen molar-refractivity contribution in [1.29, 1.82) is 0 Å². The van der Waals surface area contributed by atoms with E-state index < -0.39 is 5.97 Å². The molecule has 0 radical (unpaired) electrons. The normalized spacial score (nSPS) is 10.3. The van der Waals surface area contributed by atoms with Crippen LogP contribution in [0.5, 0.6) is 0 Å². The van der Waals surface area contributed by atoms with Gasteiger partial charge in [0.15, 0.2) is 0 Å². The number of ether oxygens (including phenoxy) is 1. The van der Waals surface area contributed by atoms with Gasteiger partial charge in [0.05, 0.1) is 18.6 Å². The number of carbonyl (C=O) groups excluding carboxylic acids is 3. The fourth-order valence-electron chi connectivity index (χ4n) is 2.21. The number of nitrogens with one attached hydrogen (secondary N) is 2. The molecule has 0 aliphatic carbocycles. The fraction of sp³-hybridized carbons (Fsp3) is 0.278.